The third kappa shape index (κ3) is 5.29. The topological polar surface area (TPSA) is 67.8 Å². The van der Waals surface area contributed by atoms with Gasteiger partial charge in [0.15, 0.2) is 5.76 Å². The Labute approximate surface area is 177 Å². The number of rotatable bonds is 7. The van der Waals surface area contributed by atoms with Crippen molar-refractivity contribution >= 4 is 5.91 Å². The number of carbonyl (C=O) groups is 1. The summed E-state index contributed by atoms with van der Waals surface area (Å²) in [4.78, 5) is 12.8. The Balaban J connectivity index is 1.45. The van der Waals surface area contributed by atoms with Crippen molar-refractivity contribution in [3.05, 3.63) is 83.1 Å². The van der Waals surface area contributed by atoms with Crippen LogP contribution >= 0.6 is 0 Å². The van der Waals surface area contributed by atoms with Crippen LogP contribution in [0.2, 0.25) is 0 Å². The molecule has 1 amide bonds. The molecule has 2 aromatic rings. The van der Waals surface area contributed by atoms with Gasteiger partial charge in [-0.2, -0.15) is 0 Å². The number of allylic oxidation sites excluding steroid dienone is 1. The SMILES string of the molecule is O=C(NC1CCCC1)C1=C[C@@H](c2ccccc2)C[C@@H](OCc2ccc(CO)cc2)O1. The first-order valence-corrected chi connectivity index (χ1v) is 10.8. The molecule has 4 rings (SSSR count). The highest BCUT2D eigenvalue weighted by Gasteiger charge is 2.30. The van der Waals surface area contributed by atoms with Gasteiger partial charge in [0.1, 0.15) is 0 Å². The first-order valence-electron chi connectivity index (χ1n) is 10.8. The molecule has 1 fully saturated rings. The summed E-state index contributed by atoms with van der Waals surface area (Å²) in [7, 11) is 0. The summed E-state index contributed by atoms with van der Waals surface area (Å²) in [6, 6.07) is 18.0. The fourth-order valence-electron chi connectivity index (χ4n) is 4.11. The van der Waals surface area contributed by atoms with Crippen LogP contribution in [0.25, 0.3) is 0 Å². The Morgan fingerprint density at radius 3 is 2.43 bits per heavy atom. The summed E-state index contributed by atoms with van der Waals surface area (Å²) in [5, 5.41) is 12.3. The van der Waals surface area contributed by atoms with Crippen LogP contribution in [0.5, 0.6) is 0 Å². The lowest BCUT2D eigenvalue weighted by Crippen LogP contribution is -2.37. The fourth-order valence-corrected chi connectivity index (χ4v) is 4.11. The van der Waals surface area contributed by atoms with E-state index < -0.39 is 6.29 Å². The predicted molar refractivity (Wildman–Crippen MR) is 114 cm³/mol. The number of benzene rings is 2. The van der Waals surface area contributed by atoms with Crippen molar-refractivity contribution in [1.29, 1.82) is 0 Å². The van der Waals surface area contributed by atoms with Gasteiger partial charge < -0.3 is 19.9 Å². The highest BCUT2D eigenvalue weighted by molar-refractivity contribution is 5.92. The predicted octanol–water partition coefficient (Wildman–Crippen LogP) is 4.17. The molecule has 0 aromatic heterocycles. The van der Waals surface area contributed by atoms with E-state index in [0.717, 1.165) is 42.4 Å². The van der Waals surface area contributed by atoms with Gasteiger partial charge >= 0.3 is 0 Å². The summed E-state index contributed by atoms with van der Waals surface area (Å²) in [5.74, 6) is 0.261. The van der Waals surface area contributed by atoms with Gasteiger partial charge in [-0.15, -0.1) is 0 Å². The summed E-state index contributed by atoms with van der Waals surface area (Å²) < 4.78 is 12.0. The molecule has 5 nitrogen and oxygen atoms in total. The van der Waals surface area contributed by atoms with Crippen LogP contribution in [0, 0.1) is 0 Å². The summed E-state index contributed by atoms with van der Waals surface area (Å²) in [5.41, 5.74) is 3.01. The van der Waals surface area contributed by atoms with Gasteiger partial charge in [0, 0.05) is 18.4 Å². The van der Waals surface area contributed by atoms with Gasteiger partial charge in [0.05, 0.1) is 13.2 Å². The van der Waals surface area contributed by atoms with E-state index in [4.69, 9.17) is 9.47 Å². The number of hydrogen-bond donors (Lipinski definition) is 2. The van der Waals surface area contributed by atoms with Crippen molar-refractivity contribution in [2.45, 2.75) is 63.6 Å². The molecule has 0 radical (unpaired) electrons. The van der Waals surface area contributed by atoms with Crippen LogP contribution in [0.4, 0.5) is 0 Å². The van der Waals surface area contributed by atoms with Gasteiger partial charge in [0.25, 0.3) is 5.91 Å². The maximum atomic E-state index is 12.8. The maximum absolute atomic E-state index is 12.8. The van der Waals surface area contributed by atoms with Crippen molar-refractivity contribution in [2.24, 2.45) is 0 Å². The Hall–Kier alpha value is -2.63. The molecule has 0 saturated heterocycles. The Kier molecular flexibility index (Phi) is 6.82. The quantitative estimate of drug-likeness (QED) is 0.723. The number of aliphatic hydroxyl groups is 1. The molecule has 158 valence electrons. The zero-order valence-electron chi connectivity index (χ0n) is 17.1. The molecule has 1 aliphatic carbocycles. The monoisotopic (exact) mass is 407 g/mol. The molecule has 2 N–H and O–H groups in total. The molecular weight excluding hydrogens is 378 g/mol. The van der Waals surface area contributed by atoms with Crippen molar-refractivity contribution in [2.75, 3.05) is 0 Å². The molecule has 1 saturated carbocycles. The number of carbonyl (C=O) groups excluding carboxylic acids is 1. The van der Waals surface area contributed by atoms with Crippen LogP contribution in [-0.2, 0) is 27.5 Å². The average molecular weight is 408 g/mol. The van der Waals surface area contributed by atoms with Gasteiger partial charge in [-0.25, -0.2) is 0 Å². The molecule has 5 heteroatoms. The van der Waals surface area contributed by atoms with Crippen LogP contribution in [-0.4, -0.2) is 23.3 Å². The van der Waals surface area contributed by atoms with E-state index in [9.17, 15) is 9.90 Å². The number of ether oxygens (including phenoxy) is 2. The second-order valence-electron chi connectivity index (χ2n) is 8.07. The summed E-state index contributed by atoms with van der Waals surface area (Å²) >= 11 is 0. The van der Waals surface area contributed by atoms with Gasteiger partial charge in [-0.05, 0) is 35.6 Å². The first kappa shape index (κ1) is 20.6. The molecule has 2 atom stereocenters. The highest BCUT2D eigenvalue weighted by Crippen LogP contribution is 2.32. The summed E-state index contributed by atoms with van der Waals surface area (Å²) in [6.07, 6.45) is 6.47. The first-order chi connectivity index (χ1) is 14.7. The lowest BCUT2D eigenvalue weighted by Gasteiger charge is -2.30. The lowest BCUT2D eigenvalue weighted by molar-refractivity contribution is -0.150. The molecule has 1 aliphatic heterocycles. The average Bonchev–Trinajstić information content (AvgIpc) is 3.31. The molecular formula is C25H29NO4. The van der Waals surface area contributed by atoms with E-state index in [-0.39, 0.29) is 24.5 Å². The second kappa shape index (κ2) is 9.92. The van der Waals surface area contributed by atoms with Crippen LogP contribution in [0.1, 0.15) is 54.7 Å². The van der Waals surface area contributed by atoms with Gasteiger partial charge in [0.2, 0.25) is 6.29 Å². The Bertz CT molecular complexity index is 856. The number of aliphatic hydroxyl groups excluding tert-OH is 1. The minimum Gasteiger partial charge on any atom is -0.459 e. The van der Waals surface area contributed by atoms with Gasteiger partial charge in [-0.3, -0.25) is 4.79 Å². The molecule has 0 spiro atoms. The molecule has 0 bridgehead atoms. The zero-order chi connectivity index (χ0) is 20.8. The number of nitrogens with one attached hydrogen (secondary N) is 1. The zero-order valence-corrected chi connectivity index (χ0v) is 17.1. The molecule has 1 heterocycles. The molecule has 30 heavy (non-hydrogen) atoms. The maximum Gasteiger partial charge on any atom is 0.286 e. The minimum absolute atomic E-state index is 0.0237. The normalized spacial score (nSPS) is 21.7. The van der Waals surface area contributed by atoms with E-state index >= 15 is 0 Å². The van der Waals surface area contributed by atoms with E-state index in [1.165, 1.54) is 0 Å². The van der Waals surface area contributed by atoms with E-state index in [1.54, 1.807) is 0 Å². The van der Waals surface area contributed by atoms with Crippen LogP contribution in [0.15, 0.2) is 66.4 Å². The highest BCUT2D eigenvalue weighted by atomic mass is 16.7. The minimum atomic E-state index is -0.498. The van der Waals surface area contributed by atoms with Crippen LogP contribution in [0.3, 0.4) is 0 Å². The summed E-state index contributed by atoms with van der Waals surface area (Å²) in [6.45, 7) is 0.408. The van der Waals surface area contributed by atoms with E-state index in [0.29, 0.717) is 18.8 Å². The van der Waals surface area contributed by atoms with E-state index in [1.807, 2.05) is 48.5 Å². The van der Waals surface area contributed by atoms with Crippen molar-refractivity contribution in [3.8, 4) is 0 Å². The Morgan fingerprint density at radius 2 is 1.73 bits per heavy atom. The second-order valence-corrected chi connectivity index (χ2v) is 8.07. The number of hydrogen-bond acceptors (Lipinski definition) is 4. The third-order valence-corrected chi connectivity index (χ3v) is 5.84. The van der Waals surface area contributed by atoms with Crippen molar-refractivity contribution in [3.63, 3.8) is 0 Å². The Morgan fingerprint density at radius 1 is 1.03 bits per heavy atom. The molecule has 2 aliphatic rings. The van der Waals surface area contributed by atoms with Crippen LogP contribution < -0.4 is 5.32 Å². The fraction of sp³-hybridized carbons (Fsp3) is 0.400. The van der Waals surface area contributed by atoms with Crippen molar-refractivity contribution in [1.82, 2.24) is 5.32 Å². The smallest absolute Gasteiger partial charge is 0.286 e. The lowest BCUT2D eigenvalue weighted by atomic mass is 9.93. The largest absolute Gasteiger partial charge is 0.459 e. The number of amides is 1. The molecule has 2 aromatic carbocycles. The standard InChI is InChI=1S/C25H29NO4/c27-16-18-10-12-19(13-11-18)17-29-24-15-21(20-6-2-1-3-7-20)14-23(30-24)25(28)26-22-8-4-5-9-22/h1-3,6-7,10-14,21-22,24,27H,4-5,8-9,15-17H2,(H,26,28)/t21-,24+/m1/s1. The van der Waals surface area contributed by atoms with Gasteiger partial charge in [-0.1, -0.05) is 67.4 Å². The van der Waals surface area contributed by atoms with Crippen molar-refractivity contribution < 1.29 is 19.4 Å². The third-order valence-electron chi connectivity index (χ3n) is 5.84. The molecule has 0 unspecified atom stereocenters. The van der Waals surface area contributed by atoms with E-state index in [2.05, 4.69) is 17.4 Å².